The zero-order chi connectivity index (χ0) is 22.2. The van der Waals surface area contributed by atoms with Gasteiger partial charge < -0.3 is 10.1 Å². The third-order valence-corrected chi connectivity index (χ3v) is 8.41. The number of hydrogen-bond donors (Lipinski definition) is 1. The van der Waals surface area contributed by atoms with Crippen molar-refractivity contribution >= 4 is 44.1 Å². The van der Waals surface area contributed by atoms with Crippen LogP contribution in [0.15, 0.2) is 29.2 Å². The topological polar surface area (TPSA) is 110 Å². The maximum Gasteiger partial charge on any atom is 0.341 e. The van der Waals surface area contributed by atoms with Crippen LogP contribution >= 0.6 is 11.3 Å². The van der Waals surface area contributed by atoms with Crippen molar-refractivity contribution < 1.29 is 27.5 Å². The van der Waals surface area contributed by atoms with E-state index in [2.05, 4.69) is 5.32 Å². The van der Waals surface area contributed by atoms with E-state index >= 15 is 0 Å². The number of thiophene rings is 1. The van der Waals surface area contributed by atoms with Gasteiger partial charge in [-0.1, -0.05) is 12.1 Å². The summed E-state index contributed by atoms with van der Waals surface area (Å²) in [4.78, 5) is 38.6. The van der Waals surface area contributed by atoms with Crippen molar-refractivity contribution in [2.24, 2.45) is 0 Å². The van der Waals surface area contributed by atoms with Crippen LogP contribution in [0.1, 0.15) is 57.3 Å². The Kier molecular flexibility index (Phi) is 5.85. The lowest BCUT2D eigenvalue weighted by Gasteiger charge is -2.15. The van der Waals surface area contributed by atoms with Gasteiger partial charge in [0.25, 0.3) is 15.9 Å². The first-order valence-electron chi connectivity index (χ1n) is 10.1. The SMILES string of the molecule is CCOC(=O)c1c(NC(=O)CCN2C(=O)c3ccccc3S2(=O)=O)sc2c1CCCC2. The number of nitrogens with one attached hydrogen (secondary N) is 1. The molecule has 0 saturated carbocycles. The lowest BCUT2D eigenvalue weighted by molar-refractivity contribution is -0.116. The van der Waals surface area contributed by atoms with Crippen LogP contribution in [-0.4, -0.2) is 43.7 Å². The molecular formula is C21H22N2O6S2. The van der Waals surface area contributed by atoms with Crippen molar-refractivity contribution in [3.8, 4) is 0 Å². The first kappa shape index (κ1) is 21.5. The molecule has 4 rings (SSSR count). The molecule has 1 aliphatic heterocycles. The number of sulfonamides is 1. The second kappa shape index (κ2) is 8.43. The van der Waals surface area contributed by atoms with Gasteiger partial charge in [0, 0.05) is 17.8 Å². The molecule has 1 aromatic heterocycles. The molecule has 1 aliphatic carbocycles. The van der Waals surface area contributed by atoms with E-state index in [1.807, 2.05) is 0 Å². The Labute approximate surface area is 184 Å². The molecular weight excluding hydrogens is 440 g/mol. The number of aryl methyl sites for hydroxylation is 1. The lowest BCUT2D eigenvalue weighted by Crippen LogP contribution is -2.33. The minimum absolute atomic E-state index is 0.0454. The predicted molar refractivity (Wildman–Crippen MR) is 115 cm³/mol. The van der Waals surface area contributed by atoms with E-state index < -0.39 is 27.8 Å². The molecule has 0 bridgehead atoms. The molecule has 31 heavy (non-hydrogen) atoms. The summed E-state index contributed by atoms with van der Waals surface area (Å²) < 4.78 is 31.2. The normalized spacial score (nSPS) is 16.5. The zero-order valence-corrected chi connectivity index (χ0v) is 18.6. The minimum atomic E-state index is -3.96. The summed E-state index contributed by atoms with van der Waals surface area (Å²) >= 11 is 1.36. The monoisotopic (exact) mass is 462 g/mol. The van der Waals surface area contributed by atoms with Gasteiger partial charge in [-0.05, 0) is 50.3 Å². The molecule has 0 saturated heterocycles. The Morgan fingerprint density at radius 3 is 2.68 bits per heavy atom. The van der Waals surface area contributed by atoms with Gasteiger partial charge in [-0.15, -0.1) is 11.3 Å². The number of nitrogens with zero attached hydrogens (tertiary/aromatic N) is 1. The number of carbonyl (C=O) groups is 3. The van der Waals surface area contributed by atoms with Crippen molar-refractivity contribution in [1.82, 2.24) is 4.31 Å². The van der Waals surface area contributed by atoms with Crippen molar-refractivity contribution in [2.45, 2.75) is 43.9 Å². The third kappa shape index (κ3) is 3.85. The van der Waals surface area contributed by atoms with Gasteiger partial charge in [0.1, 0.15) is 9.90 Å². The fraction of sp³-hybridized carbons (Fsp3) is 0.381. The molecule has 10 heteroatoms. The fourth-order valence-corrected chi connectivity index (χ4v) is 6.78. The van der Waals surface area contributed by atoms with Crippen LogP contribution in [0.4, 0.5) is 5.00 Å². The van der Waals surface area contributed by atoms with Crippen molar-refractivity contribution in [1.29, 1.82) is 0 Å². The molecule has 2 heterocycles. The molecule has 0 unspecified atom stereocenters. The first-order chi connectivity index (χ1) is 14.8. The summed E-state index contributed by atoms with van der Waals surface area (Å²) in [5.74, 6) is -1.57. The van der Waals surface area contributed by atoms with E-state index in [0.29, 0.717) is 10.6 Å². The van der Waals surface area contributed by atoms with Crippen molar-refractivity contribution in [3.63, 3.8) is 0 Å². The highest BCUT2D eigenvalue weighted by Gasteiger charge is 2.40. The van der Waals surface area contributed by atoms with E-state index in [1.165, 1.54) is 23.5 Å². The second-order valence-electron chi connectivity index (χ2n) is 7.31. The minimum Gasteiger partial charge on any atom is -0.462 e. The molecule has 2 amide bonds. The number of anilines is 1. The average Bonchev–Trinajstić information content (AvgIpc) is 3.19. The van der Waals surface area contributed by atoms with Crippen LogP contribution < -0.4 is 5.32 Å². The van der Waals surface area contributed by atoms with Gasteiger partial charge >= 0.3 is 5.97 Å². The number of amides is 2. The number of benzene rings is 1. The molecule has 0 spiro atoms. The van der Waals surface area contributed by atoms with Crippen LogP contribution in [0.2, 0.25) is 0 Å². The Morgan fingerprint density at radius 1 is 1.19 bits per heavy atom. The number of hydrogen-bond acceptors (Lipinski definition) is 7. The summed E-state index contributed by atoms with van der Waals surface area (Å²) in [6.45, 7) is 1.67. The third-order valence-electron chi connectivity index (χ3n) is 5.36. The second-order valence-corrected chi connectivity index (χ2v) is 10.2. The van der Waals surface area contributed by atoms with E-state index in [9.17, 15) is 22.8 Å². The summed E-state index contributed by atoms with van der Waals surface area (Å²) in [7, 11) is -3.96. The molecule has 164 valence electrons. The highest BCUT2D eigenvalue weighted by molar-refractivity contribution is 7.90. The van der Waals surface area contributed by atoms with Crippen LogP contribution in [0.3, 0.4) is 0 Å². The average molecular weight is 463 g/mol. The molecule has 8 nitrogen and oxygen atoms in total. The largest absolute Gasteiger partial charge is 0.462 e. The van der Waals surface area contributed by atoms with E-state index in [0.717, 1.165) is 40.4 Å². The van der Waals surface area contributed by atoms with Gasteiger partial charge in [0.15, 0.2) is 0 Å². The van der Waals surface area contributed by atoms with Crippen molar-refractivity contribution in [3.05, 3.63) is 45.8 Å². The number of carbonyl (C=O) groups excluding carboxylic acids is 3. The molecule has 2 aromatic rings. The number of rotatable bonds is 6. The molecule has 0 fully saturated rings. The maximum absolute atomic E-state index is 12.6. The highest BCUT2D eigenvalue weighted by atomic mass is 32.2. The van der Waals surface area contributed by atoms with E-state index in [4.69, 9.17) is 4.74 Å². The summed E-state index contributed by atoms with van der Waals surface area (Å²) in [6, 6.07) is 5.98. The first-order valence-corrected chi connectivity index (χ1v) is 12.4. The van der Waals surface area contributed by atoms with Gasteiger partial charge in [0.05, 0.1) is 17.7 Å². The molecule has 1 N–H and O–H groups in total. The number of esters is 1. The van der Waals surface area contributed by atoms with E-state index in [1.54, 1.807) is 19.1 Å². The molecule has 0 radical (unpaired) electrons. The van der Waals surface area contributed by atoms with Gasteiger partial charge in [-0.3, -0.25) is 9.59 Å². The fourth-order valence-electron chi connectivity index (χ4n) is 3.92. The zero-order valence-electron chi connectivity index (χ0n) is 17.0. The Balaban J connectivity index is 1.50. The predicted octanol–water partition coefficient (Wildman–Crippen LogP) is 2.98. The van der Waals surface area contributed by atoms with Crippen LogP contribution in [-0.2, 0) is 32.4 Å². The Hall–Kier alpha value is -2.72. The molecule has 1 aromatic carbocycles. The van der Waals surface area contributed by atoms with E-state index in [-0.39, 0.29) is 30.0 Å². The summed E-state index contributed by atoms with van der Waals surface area (Å²) in [6.07, 6.45) is 3.39. The summed E-state index contributed by atoms with van der Waals surface area (Å²) in [5.41, 5.74) is 1.43. The highest BCUT2D eigenvalue weighted by Crippen LogP contribution is 2.38. The Bertz CT molecular complexity index is 1170. The van der Waals surface area contributed by atoms with Crippen LogP contribution in [0, 0.1) is 0 Å². The lowest BCUT2D eigenvalue weighted by atomic mass is 9.95. The van der Waals surface area contributed by atoms with Gasteiger partial charge in [-0.25, -0.2) is 17.5 Å². The van der Waals surface area contributed by atoms with Gasteiger partial charge in [-0.2, -0.15) is 0 Å². The van der Waals surface area contributed by atoms with Crippen molar-refractivity contribution in [2.75, 3.05) is 18.5 Å². The quantitative estimate of drug-likeness (QED) is 0.661. The standard InChI is InChI=1S/C21H22N2O6S2/c1-2-29-21(26)18-13-7-3-5-9-15(13)30-19(18)22-17(24)11-12-23-20(25)14-8-4-6-10-16(14)31(23,27)28/h4,6,8,10H,2-3,5,7,9,11-12H2,1H3,(H,22,24). The molecule has 2 aliphatic rings. The smallest absolute Gasteiger partial charge is 0.341 e. The molecule has 0 atom stereocenters. The summed E-state index contributed by atoms with van der Waals surface area (Å²) in [5, 5.41) is 3.17. The van der Waals surface area contributed by atoms with Crippen LogP contribution in [0.25, 0.3) is 0 Å². The Morgan fingerprint density at radius 2 is 1.94 bits per heavy atom. The number of ether oxygens (including phenoxy) is 1. The van der Waals surface area contributed by atoms with Crippen LogP contribution in [0.5, 0.6) is 0 Å². The van der Waals surface area contributed by atoms with Gasteiger partial charge in [0.2, 0.25) is 5.91 Å². The number of fused-ring (bicyclic) bond motifs is 2. The maximum atomic E-state index is 12.6.